The lowest BCUT2D eigenvalue weighted by Gasteiger charge is -2.29. The van der Waals surface area contributed by atoms with Crippen LogP contribution in [-0.4, -0.2) is 28.8 Å². The van der Waals surface area contributed by atoms with E-state index < -0.39 is 23.7 Å². The molecule has 1 unspecified atom stereocenters. The summed E-state index contributed by atoms with van der Waals surface area (Å²) in [6.07, 6.45) is -4.68. The molecule has 1 amide bonds. The van der Waals surface area contributed by atoms with Crippen LogP contribution in [0.2, 0.25) is 0 Å². The molecule has 0 saturated heterocycles. The van der Waals surface area contributed by atoms with E-state index in [9.17, 15) is 23.1 Å². The molecule has 6 heteroatoms. The summed E-state index contributed by atoms with van der Waals surface area (Å²) in [5, 5.41) is 11.1. The summed E-state index contributed by atoms with van der Waals surface area (Å²) in [6.45, 7) is 4.27. The summed E-state index contributed by atoms with van der Waals surface area (Å²) >= 11 is 0. The molecule has 3 nitrogen and oxygen atoms in total. The van der Waals surface area contributed by atoms with Crippen LogP contribution in [0.3, 0.4) is 0 Å². The van der Waals surface area contributed by atoms with Crippen molar-refractivity contribution in [3.63, 3.8) is 0 Å². The Morgan fingerprint density at radius 2 is 1.86 bits per heavy atom. The van der Waals surface area contributed by atoms with Gasteiger partial charge in [0.2, 0.25) is 0 Å². The first-order valence-electron chi connectivity index (χ1n) is 4.19. The Kier molecular flexibility index (Phi) is 3.93. The second kappa shape index (κ2) is 4.16. The quantitative estimate of drug-likeness (QED) is 0.740. The number of hydrogen-bond acceptors (Lipinski definition) is 2. The highest BCUT2D eigenvalue weighted by Gasteiger charge is 2.41. The molecule has 0 aliphatic heterocycles. The molecule has 14 heavy (non-hydrogen) atoms. The first-order valence-corrected chi connectivity index (χ1v) is 4.19. The molecule has 0 aliphatic rings. The van der Waals surface area contributed by atoms with E-state index in [1.165, 1.54) is 13.8 Å². The van der Waals surface area contributed by atoms with Gasteiger partial charge in [-0.2, -0.15) is 13.2 Å². The van der Waals surface area contributed by atoms with Gasteiger partial charge in [0, 0.05) is 0 Å². The van der Waals surface area contributed by atoms with Gasteiger partial charge in [-0.25, -0.2) is 0 Å². The highest BCUT2D eigenvalue weighted by molar-refractivity contribution is 5.82. The number of halogens is 3. The Morgan fingerprint density at radius 3 is 2.07 bits per heavy atom. The van der Waals surface area contributed by atoms with Gasteiger partial charge in [-0.15, -0.1) is 0 Å². The third-order valence-electron chi connectivity index (χ3n) is 1.82. The van der Waals surface area contributed by atoms with Crippen molar-refractivity contribution >= 4 is 5.91 Å². The average molecular weight is 213 g/mol. The summed E-state index contributed by atoms with van der Waals surface area (Å²) < 4.78 is 35.5. The van der Waals surface area contributed by atoms with Crippen molar-refractivity contribution in [2.45, 2.75) is 45.0 Å². The number of carbonyl (C=O) groups excluding carboxylic acids is 1. The number of nitrogens with one attached hydrogen (secondary N) is 1. The molecule has 0 rings (SSSR count). The zero-order chi connectivity index (χ0) is 11.6. The first-order chi connectivity index (χ1) is 6.09. The van der Waals surface area contributed by atoms with Crippen molar-refractivity contribution in [3.8, 4) is 0 Å². The Hall–Kier alpha value is -0.780. The van der Waals surface area contributed by atoms with Gasteiger partial charge in [0.25, 0.3) is 0 Å². The van der Waals surface area contributed by atoms with Crippen molar-refractivity contribution in [3.05, 3.63) is 0 Å². The normalized spacial score (nSPS) is 15.1. The smallest absolute Gasteiger partial charge is 0.388 e. The molecule has 0 fully saturated rings. The highest BCUT2D eigenvalue weighted by Crippen LogP contribution is 2.18. The molecule has 0 aromatic heterocycles. The monoisotopic (exact) mass is 213 g/mol. The fourth-order valence-corrected chi connectivity index (χ4v) is 1.02. The van der Waals surface area contributed by atoms with E-state index in [1.807, 2.05) is 0 Å². The van der Waals surface area contributed by atoms with Crippen molar-refractivity contribution in [1.82, 2.24) is 5.32 Å². The number of alkyl halides is 3. The molecule has 0 heterocycles. The van der Waals surface area contributed by atoms with Gasteiger partial charge in [-0.05, 0) is 20.3 Å². The standard InChI is InChI=1S/C8H14F3NO2/c1-4-5(7(2,3)14)12-6(13)8(9,10)11/h5,14H,4H2,1-3H3,(H,12,13). The van der Waals surface area contributed by atoms with Gasteiger partial charge in [-0.3, -0.25) is 4.79 Å². The molecule has 0 aromatic carbocycles. The maximum absolute atomic E-state index is 11.8. The average Bonchev–Trinajstić information content (AvgIpc) is 1.95. The van der Waals surface area contributed by atoms with Crippen LogP contribution in [0.5, 0.6) is 0 Å². The minimum absolute atomic E-state index is 0.228. The molecule has 2 N–H and O–H groups in total. The number of carbonyl (C=O) groups is 1. The maximum Gasteiger partial charge on any atom is 0.471 e. The number of aliphatic hydroxyl groups is 1. The minimum Gasteiger partial charge on any atom is -0.388 e. The summed E-state index contributed by atoms with van der Waals surface area (Å²) in [5.41, 5.74) is -1.37. The van der Waals surface area contributed by atoms with Crippen molar-refractivity contribution in [2.75, 3.05) is 0 Å². The van der Waals surface area contributed by atoms with Gasteiger partial charge >= 0.3 is 12.1 Å². The molecule has 84 valence electrons. The van der Waals surface area contributed by atoms with E-state index in [4.69, 9.17) is 0 Å². The molecule has 0 aromatic rings. The molecule has 0 radical (unpaired) electrons. The maximum atomic E-state index is 11.8. The van der Waals surface area contributed by atoms with E-state index in [2.05, 4.69) is 0 Å². The van der Waals surface area contributed by atoms with E-state index in [1.54, 1.807) is 12.2 Å². The number of rotatable bonds is 3. The van der Waals surface area contributed by atoms with Gasteiger partial charge < -0.3 is 10.4 Å². The van der Waals surface area contributed by atoms with Crippen LogP contribution in [0, 0.1) is 0 Å². The van der Waals surface area contributed by atoms with E-state index in [0.717, 1.165) is 0 Å². The van der Waals surface area contributed by atoms with Gasteiger partial charge in [0.1, 0.15) is 0 Å². The van der Waals surface area contributed by atoms with Crippen LogP contribution in [0.4, 0.5) is 13.2 Å². The van der Waals surface area contributed by atoms with Crippen LogP contribution in [0.25, 0.3) is 0 Å². The molecule has 0 bridgehead atoms. The van der Waals surface area contributed by atoms with E-state index >= 15 is 0 Å². The summed E-state index contributed by atoms with van der Waals surface area (Å²) in [7, 11) is 0. The Morgan fingerprint density at radius 1 is 1.43 bits per heavy atom. The van der Waals surface area contributed by atoms with Crippen LogP contribution in [-0.2, 0) is 4.79 Å². The zero-order valence-corrected chi connectivity index (χ0v) is 8.27. The van der Waals surface area contributed by atoms with Gasteiger partial charge in [-0.1, -0.05) is 6.92 Å². The number of amides is 1. The SMILES string of the molecule is CCC(NC(=O)C(F)(F)F)C(C)(C)O. The second-order valence-electron chi connectivity index (χ2n) is 3.59. The molecular weight excluding hydrogens is 199 g/mol. The van der Waals surface area contributed by atoms with Crippen molar-refractivity contribution in [1.29, 1.82) is 0 Å². The van der Waals surface area contributed by atoms with E-state index in [0.29, 0.717) is 0 Å². The highest BCUT2D eigenvalue weighted by atomic mass is 19.4. The Balaban J connectivity index is 4.43. The molecule has 0 aliphatic carbocycles. The molecule has 1 atom stereocenters. The summed E-state index contributed by atoms with van der Waals surface area (Å²) in [4.78, 5) is 10.5. The minimum atomic E-state index is -4.90. The van der Waals surface area contributed by atoms with Gasteiger partial charge in [0.15, 0.2) is 0 Å². The summed E-state index contributed by atoms with van der Waals surface area (Å²) in [5.74, 6) is -2.02. The van der Waals surface area contributed by atoms with Gasteiger partial charge in [0.05, 0.1) is 11.6 Å². The zero-order valence-electron chi connectivity index (χ0n) is 8.27. The first kappa shape index (κ1) is 13.2. The molecule has 0 spiro atoms. The molecule has 0 saturated carbocycles. The lowest BCUT2D eigenvalue weighted by atomic mass is 9.96. The lowest BCUT2D eigenvalue weighted by molar-refractivity contribution is -0.176. The van der Waals surface area contributed by atoms with Crippen molar-refractivity contribution < 1.29 is 23.1 Å². The van der Waals surface area contributed by atoms with E-state index in [-0.39, 0.29) is 6.42 Å². The third kappa shape index (κ3) is 3.95. The lowest BCUT2D eigenvalue weighted by Crippen LogP contribution is -2.52. The Labute approximate surface area is 80.3 Å². The summed E-state index contributed by atoms with van der Waals surface area (Å²) in [6, 6.07) is -0.906. The van der Waals surface area contributed by atoms with Crippen LogP contribution < -0.4 is 5.32 Å². The topological polar surface area (TPSA) is 49.3 Å². The fraction of sp³-hybridized carbons (Fsp3) is 0.875. The van der Waals surface area contributed by atoms with Crippen molar-refractivity contribution in [2.24, 2.45) is 0 Å². The Bertz CT molecular complexity index is 208. The van der Waals surface area contributed by atoms with Crippen LogP contribution in [0.1, 0.15) is 27.2 Å². The number of hydrogen-bond donors (Lipinski definition) is 2. The van der Waals surface area contributed by atoms with Crippen LogP contribution in [0.15, 0.2) is 0 Å². The third-order valence-corrected chi connectivity index (χ3v) is 1.82. The predicted octanol–water partition coefficient (Wildman–Crippen LogP) is 1.21. The largest absolute Gasteiger partial charge is 0.471 e. The molecular formula is C8H14F3NO2. The fourth-order valence-electron chi connectivity index (χ4n) is 1.02. The van der Waals surface area contributed by atoms with Crippen LogP contribution >= 0.6 is 0 Å². The predicted molar refractivity (Wildman–Crippen MR) is 44.6 cm³/mol. The second-order valence-corrected chi connectivity index (χ2v) is 3.59.